The highest BCUT2D eigenvalue weighted by Gasteiger charge is 2.12. The van der Waals surface area contributed by atoms with Crippen LogP contribution in [0.4, 0.5) is 0 Å². The van der Waals surface area contributed by atoms with Crippen molar-refractivity contribution >= 4 is 5.97 Å². The maximum atomic E-state index is 11.8. The predicted molar refractivity (Wildman–Crippen MR) is 68.0 cm³/mol. The van der Waals surface area contributed by atoms with Gasteiger partial charge in [0.2, 0.25) is 0 Å². The molecular formula is C13H12N2O4. The monoisotopic (exact) mass is 260 g/mol. The number of hydrogen-bond acceptors (Lipinski definition) is 4. The van der Waals surface area contributed by atoms with Crippen LogP contribution >= 0.6 is 0 Å². The Bertz CT molecular complexity index is 674. The van der Waals surface area contributed by atoms with Gasteiger partial charge in [0.05, 0.1) is 6.42 Å². The van der Waals surface area contributed by atoms with Crippen LogP contribution in [0.2, 0.25) is 0 Å². The summed E-state index contributed by atoms with van der Waals surface area (Å²) in [7, 11) is 0. The molecule has 2 rings (SSSR count). The molecule has 6 nitrogen and oxygen atoms in total. The fourth-order valence-corrected chi connectivity index (χ4v) is 1.73. The van der Waals surface area contributed by atoms with Gasteiger partial charge < -0.3 is 15.2 Å². The lowest BCUT2D eigenvalue weighted by atomic mass is 10.1. The first-order valence-corrected chi connectivity index (χ1v) is 5.58. The van der Waals surface area contributed by atoms with Crippen molar-refractivity contribution in [1.82, 2.24) is 9.97 Å². The van der Waals surface area contributed by atoms with Crippen LogP contribution in [0.5, 0.6) is 5.75 Å². The molecule has 0 fully saturated rings. The third-order valence-electron chi connectivity index (χ3n) is 2.69. The lowest BCUT2D eigenvalue weighted by molar-refractivity contribution is -0.136. The van der Waals surface area contributed by atoms with E-state index in [-0.39, 0.29) is 17.7 Å². The van der Waals surface area contributed by atoms with Crippen molar-refractivity contribution in [3.05, 3.63) is 45.9 Å². The predicted octanol–water partition coefficient (Wildman–Crippen LogP) is 1.08. The Hall–Kier alpha value is -2.63. The summed E-state index contributed by atoms with van der Waals surface area (Å²) in [6.07, 6.45) is -0.357. The zero-order valence-electron chi connectivity index (χ0n) is 10.2. The largest absolute Gasteiger partial charge is 0.508 e. The summed E-state index contributed by atoms with van der Waals surface area (Å²) in [5.74, 6) is -0.616. The number of nitrogens with one attached hydrogen (secondary N) is 1. The van der Waals surface area contributed by atoms with E-state index in [4.69, 9.17) is 5.11 Å². The van der Waals surface area contributed by atoms with E-state index in [0.29, 0.717) is 17.1 Å². The van der Waals surface area contributed by atoms with Crippen molar-refractivity contribution in [3.63, 3.8) is 0 Å². The van der Waals surface area contributed by atoms with Crippen LogP contribution in [0.1, 0.15) is 11.3 Å². The van der Waals surface area contributed by atoms with Gasteiger partial charge in [0.15, 0.2) is 0 Å². The Balaban J connectivity index is 2.48. The first-order valence-electron chi connectivity index (χ1n) is 5.58. The standard InChI is InChI=1S/C13H12N2O4/c1-7-10(6-11(17)18)13(19)15-12(14-7)8-2-4-9(16)5-3-8/h2-5,16H,6H2,1H3,(H,17,18)(H,14,15,19). The molecule has 0 aliphatic carbocycles. The highest BCUT2D eigenvalue weighted by atomic mass is 16.4. The van der Waals surface area contributed by atoms with E-state index in [9.17, 15) is 14.7 Å². The molecule has 2 aromatic rings. The molecule has 0 aliphatic heterocycles. The topological polar surface area (TPSA) is 103 Å². The number of aromatic amines is 1. The van der Waals surface area contributed by atoms with Crippen molar-refractivity contribution in [2.75, 3.05) is 0 Å². The molecule has 0 aliphatic rings. The highest BCUT2D eigenvalue weighted by Crippen LogP contribution is 2.18. The molecule has 3 N–H and O–H groups in total. The zero-order valence-corrected chi connectivity index (χ0v) is 10.2. The summed E-state index contributed by atoms with van der Waals surface area (Å²) in [5.41, 5.74) is 0.710. The number of aromatic nitrogens is 2. The van der Waals surface area contributed by atoms with E-state index in [1.165, 1.54) is 12.1 Å². The van der Waals surface area contributed by atoms with Crippen LogP contribution in [0.3, 0.4) is 0 Å². The molecule has 19 heavy (non-hydrogen) atoms. The second kappa shape index (κ2) is 4.93. The quantitative estimate of drug-likeness (QED) is 0.766. The number of aliphatic carboxylic acids is 1. The number of phenolic OH excluding ortho intramolecular Hbond substituents is 1. The third-order valence-corrected chi connectivity index (χ3v) is 2.69. The lowest BCUT2D eigenvalue weighted by Crippen LogP contribution is -2.20. The van der Waals surface area contributed by atoms with E-state index in [2.05, 4.69) is 9.97 Å². The Morgan fingerprint density at radius 1 is 1.32 bits per heavy atom. The summed E-state index contributed by atoms with van der Waals surface area (Å²) >= 11 is 0. The first kappa shape index (κ1) is 12.8. The van der Waals surface area contributed by atoms with Gasteiger partial charge in [-0.15, -0.1) is 0 Å². The summed E-state index contributed by atoms with van der Waals surface area (Å²) < 4.78 is 0. The molecule has 1 aromatic carbocycles. The molecular weight excluding hydrogens is 248 g/mol. The van der Waals surface area contributed by atoms with Crippen molar-refractivity contribution in [2.24, 2.45) is 0 Å². The smallest absolute Gasteiger partial charge is 0.308 e. The Labute approximate surface area is 108 Å². The minimum atomic E-state index is -1.08. The maximum Gasteiger partial charge on any atom is 0.308 e. The lowest BCUT2D eigenvalue weighted by Gasteiger charge is -2.06. The molecule has 0 bridgehead atoms. The zero-order chi connectivity index (χ0) is 14.0. The molecule has 0 atom stereocenters. The maximum absolute atomic E-state index is 11.8. The van der Waals surface area contributed by atoms with Crippen molar-refractivity contribution in [2.45, 2.75) is 13.3 Å². The number of rotatable bonds is 3. The van der Waals surface area contributed by atoms with E-state index < -0.39 is 11.5 Å². The molecule has 0 amide bonds. The van der Waals surface area contributed by atoms with Gasteiger partial charge in [0.25, 0.3) is 5.56 Å². The SMILES string of the molecule is Cc1nc(-c2ccc(O)cc2)[nH]c(=O)c1CC(=O)O. The fourth-order valence-electron chi connectivity index (χ4n) is 1.73. The molecule has 6 heteroatoms. The number of benzene rings is 1. The summed E-state index contributed by atoms with van der Waals surface area (Å²) in [5, 5.41) is 17.9. The number of carbonyl (C=O) groups is 1. The fraction of sp³-hybridized carbons (Fsp3) is 0.154. The van der Waals surface area contributed by atoms with E-state index in [1.54, 1.807) is 19.1 Å². The number of carboxylic acid groups (broad SMARTS) is 1. The number of carboxylic acids is 1. The van der Waals surface area contributed by atoms with Gasteiger partial charge in [0, 0.05) is 16.8 Å². The Kier molecular flexibility index (Phi) is 3.33. The molecule has 0 unspecified atom stereocenters. The molecule has 0 saturated carbocycles. The van der Waals surface area contributed by atoms with Crippen molar-refractivity contribution in [3.8, 4) is 17.1 Å². The first-order chi connectivity index (χ1) is 8.97. The highest BCUT2D eigenvalue weighted by molar-refractivity contribution is 5.70. The van der Waals surface area contributed by atoms with E-state index in [0.717, 1.165) is 0 Å². The Morgan fingerprint density at radius 3 is 2.47 bits per heavy atom. The third kappa shape index (κ3) is 2.79. The number of hydrogen-bond donors (Lipinski definition) is 3. The van der Waals surface area contributed by atoms with Gasteiger partial charge >= 0.3 is 5.97 Å². The molecule has 0 saturated heterocycles. The molecule has 1 aromatic heterocycles. The molecule has 98 valence electrons. The van der Waals surface area contributed by atoms with Crippen LogP contribution in [0, 0.1) is 6.92 Å². The van der Waals surface area contributed by atoms with Crippen molar-refractivity contribution in [1.29, 1.82) is 0 Å². The molecule has 0 spiro atoms. The van der Waals surface area contributed by atoms with Crippen LogP contribution in [-0.2, 0) is 11.2 Å². The van der Waals surface area contributed by atoms with Gasteiger partial charge in [-0.3, -0.25) is 9.59 Å². The van der Waals surface area contributed by atoms with Crippen LogP contribution < -0.4 is 5.56 Å². The normalized spacial score (nSPS) is 10.4. The minimum absolute atomic E-state index is 0.116. The number of nitrogens with zero attached hydrogens (tertiary/aromatic N) is 1. The number of phenols is 1. The van der Waals surface area contributed by atoms with Crippen LogP contribution in [-0.4, -0.2) is 26.2 Å². The van der Waals surface area contributed by atoms with Crippen LogP contribution in [0.25, 0.3) is 11.4 Å². The van der Waals surface area contributed by atoms with Gasteiger partial charge in [0.1, 0.15) is 11.6 Å². The van der Waals surface area contributed by atoms with E-state index >= 15 is 0 Å². The average Bonchev–Trinajstić information content (AvgIpc) is 2.34. The summed E-state index contributed by atoms with van der Waals surface area (Å²) in [6.45, 7) is 1.59. The average molecular weight is 260 g/mol. The van der Waals surface area contributed by atoms with Gasteiger partial charge in [-0.25, -0.2) is 4.98 Å². The van der Waals surface area contributed by atoms with Crippen LogP contribution in [0.15, 0.2) is 29.1 Å². The minimum Gasteiger partial charge on any atom is -0.508 e. The molecule has 1 heterocycles. The second-order valence-electron chi connectivity index (χ2n) is 4.10. The number of H-pyrrole nitrogens is 1. The Morgan fingerprint density at radius 2 is 1.95 bits per heavy atom. The summed E-state index contributed by atoms with van der Waals surface area (Å²) in [6, 6.07) is 6.19. The molecule has 0 radical (unpaired) electrons. The van der Waals surface area contributed by atoms with Gasteiger partial charge in [-0.05, 0) is 31.2 Å². The summed E-state index contributed by atoms with van der Waals surface area (Å²) in [4.78, 5) is 29.2. The second-order valence-corrected chi connectivity index (χ2v) is 4.10. The van der Waals surface area contributed by atoms with Gasteiger partial charge in [-0.2, -0.15) is 0 Å². The number of aryl methyl sites for hydroxylation is 1. The van der Waals surface area contributed by atoms with Gasteiger partial charge in [-0.1, -0.05) is 0 Å². The number of aromatic hydroxyl groups is 1. The van der Waals surface area contributed by atoms with Crippen molar-refractivity contribution < 1.29 is 15.0 Å². The van der Waals surface area contributed by atoms with E-state index in [1.807, 2.05) is 0 Å².